The van der Waals surface area contributed by atoms with Gasteiger partial charge in [-0.25, -0.2) is 0 Å². The first-order chi connectivity index (χ1) is 10.8. The Balaban J connectivity index is 2.00. The van der Waals surface area contributed by atoms with Crippen molar-refractivity contribution in [2.45, 2.75) is 40.5 Å². The molecule has 2 rings (SSSR count). The van der Waals surface area contributed by atoms with Gasteiger partial charge in [0, 0.05) is 38.2 Å². The first kappa shape index (κ1) is 17.5. The molecule has 0 N–H and O–H groups in total. The van der Waals surface area contributed by atoms with Crippen molar-refractivity contribution >= 4 is 11.8 Å². The Labute approximate surface area is 139 Å². The van der Waals surface area contributed by atoms with Gasteiger partial charge in [0.15, 0.2) is 0 Å². The molecule has 1 fully saturated rings. The van der Waals surface area contributed by atoms with E-state index in [0.29, 0.717) is 26.1 Å². The maximum atomic E-state index is 12.7. The predicted molar refractivity (Wildman–Crippen MR) is 92.4 cm³/mol. The predicted octanol–water partition coefficient (Wildman–Crippen LogP) is 3.11. The normalized spacial score (nSPS) is 16.2. The first-order valence-corrected chi connectivity index (χ1v) is 8.40. The molecule has 0 aromatic heterocycles. The summed E-state index contributed by atoms with van der Waals surface area (Å²) < 4.78 is 0. The molecule has 126 valence electrons. The van der Waals surface area contributed by atoms with Crippen LogP contribution in [0.1, 0.15) is 49.5 Å². The molecule has 2 amide bonds. The molecule has 0 atom stereocenters. The number of carbonyl (C=O) groups is 2. The Bertz CT molecular complexity index is 575. The molecule has 0 bridgehead atoms. The number of hydrogen-bond acceptors (Lipinski definition) is 2. The number of aryl methyl sites for hydroxylation is 1. The smallest absolute Gasteiger partial charge is 0.254 e. The van der Waals surface area contributed by atoms with E-state index in [0.717, 1.165) is 24.1 Å². The fraction of sp³-hybridized carbons (Fsp3) is 0.579. The van der Waals surface area contributed by atoms with Crippen molar-refractivity contribution < 1.29 is 9.59 Å². The molecule has 0 aliphatic carbocycles. The van der Waals surface area contributed by atoms with Crippen LogP contribution in [0.2, 0.25) is 0 Å². The van der Waals surface area contributed by atoms with Gasteiger partial charge in [-0.05, 0) is 30.4 Å². The van der Waals surface area contributed by atoms with Crippen molar-refractivity contribution in [2.24, 2.45) is 5.41 Å². The summed E-state index contributed by atoms with van der Waals surface area (Å²) in [5.41, 5.74) is 1.77. The molecule has 0 spiro atoms. The highest BCUT2D eigenvalue weighted by molar-refractivity contribution is 5.95. The number of rotatable bonds is 2. The van der Waals surface area contributed by atoms with Gasteiger partial charge in [0.2, 0.25) is 5.91 Å². The van der Waals surface area contributed by atoms with E-state index in [-0.39, 0.29) is 17.2 Å². The fourth-order valence-electron chi connectivity index (χ4n) is 2.92. The Kier molecular flexibility index (Phi) is 5.45. The van der Waals surface area contributed by atoms with Crippen molar-refractivity contribution in [1.82, 2.24) is 9.80 Å². The quantitative estimate of drug-likeness (QED) is 0.841. The summed E-state index contributed by atoms with van der Waals surface area (Å²) in [6, 6.07) is 7.69. The van der Waals surface area contributed by atoms with Gasteiger partial charge in [-0.1, -0.05) is 39.0 Å². The minimum absolute atomic E-state index is 0.0000445. The van der Waals surface area contributed by atoms with Gasteiger partial charge in [0.05, 0.1) is 0 Å². The lowest BCUT2D eigenvalue weighted by atomic mass is 9.91. The lowest BCUT2D eigenvalue weighted by molar-refractivity contribution is -0.132. The number of benzene rings is 1. The third kappa shape index (κ3) is 4.81. The standard InChI is InChI=1S/C19H28N2O2/c1-15-8-5-6-9-16(15)18(23)21-11-7-10-20(12-13-21)17(22)14-19(2,3)4/h5-6,8-9H,7,10-14H2,1-4H3. The molecular formula is C19H28N2O2. The van der Waals surface area contributed by atoms with Gasteiger partial charge in [-0.3, -0.25) is 9.59 Å². The van der Waals surface area contributed by atoms with Crippen LogP contribution in [0.5, 0.6) is 0 Å². The van der Waals surface area contributed by atoms with E-state index in [9.17, 15) is 9.59 Å². The number of carbonyl (C=O) groups excluding carboxylic acids is 2. The second-order valence-electron chi connectivity index (χ2n) is 7.58. The molecule has 1 aromatic rings. The zero-order chi connectivity index (χ0) is 17.0. The van der Waals surface area contributed by atoms with Gasteiger partial charge >= 0.3 is 0 Å². The molecular weight excluding hydrogens is 288 g/mol. The van der Waals surface area contributed by atoms with Crippen LogP contribution in [0.25, 0.3) is 0 Å². The van der Waals surface area contributed by atoms with E-state index in [1.54, 1.807) is 0 Å². The molecule has 1 heterocycles. The number of nitrogens with zero attached hydrogens (tertiary/aromatic N) is 2. The molecule has 1 aliphatic rings. The minimum Gasteiger partial charge on any atom is -0.341 e. The zero-order valence-electron chi connectivity index (χ0n) is 14.8. The molecule has 0 saturated carbocycles. The molecule has 1 aromatic carbocycles. The van der Waals surface area contributed by atoms with E-state index in [1.165, 1.54) is 0 Å². The van der Waals surface area contributed by atoms with Crippen molar-refractivity contribution in [1.29, 1.82) is 0 Å². The highest BCUT2D eigenvalue weighted by Gasteiger charge is 2.25. The molecule has 4 nitrogen and oxygen atoms in total. The van der Waals surface area contributed by atoms with Crippen LogP contribution in [0.4, 0.5) is 0 Å². The fourth-order valence-corrected chi connectivity index (χ4v) is 2.92. The number of amides is 2. The van der Waals surface area contributed by atoms with Gasteiger partial charge in [-0.15, -0.1) is 0 Å². The molecule has 0 unspecified atom stereocenters. The zero-order valence-corrected chi connectivity index (χ0v) is 14.8. The summed E-state index contributed by atoms with van der Waals surface area (Å²) >= 11 is 0. The van der Waals surface area contributed by atoms with Crippen molar-refractivity contribution in [2.75, 3.05) is 26.2 Å². The lowest BCUT2D eigenvalue weighted by Crippen LogP contribution is -2.38. The average Bonchev–Trinajstić information content (AvgIpc) is 2.71. The summed E-state index contributed by atoms with van der Waals surface area (Å²) in [6.07, 6.45) is 1.40. The van der Waals surface area contributed by atoms with Crippen molar-refractivity contribution in [3.63, 3.8) is 0 Å². The van der Waals surface area contributed by atoms with Crippen LogP contribution < -0.4 is 0 Å². The maximum absolute atomic E-state index is 12.7. The van der Waals surface area contributed by atoms with Gasteiger partial charge in [0.25, 0.3) is 5.91 Å². The molecule has 1 saturated heterocycles. The van der Waals surface area contributed by atoms with Crippen molar-refractivity contribution in [3.05, 3.63) is 35.4 Å². The summed E-state index contributed by atoms with van der Waals surface area (Å²) in [5.74, 6) is 0.274. The summed E-state index contributed by atoms with van der Waals surface area (Å²) in [4.78, 5) is 28.9. The van der Waals surface area contributed by atoms with Crippen LogP contribution in [0.3, 0.4) is 0 Å². The van der Waals surface area contributed by atoms with E-state index >= 15 is 0 Å². The Morgan fingerprint density at radius 1 is 1.00 bits per heavy atom. The highest BCUT2D eigenvalue weighted by Crippen LogP contribution is 2.21. The van der Waals surface area contributed by atoms with Crippen LogP contribution in [0, 0.1) is 12.3 Å². The monoisotopic (exact) mass is 316 g/mol. The summed E-state index contributed by atoms with van der Waals surface area (Å²) in [5, 5.41) is 0. The Morgan fingerprint density at radius 2 is 1.61 bits per heavy atom. The molecule has 0 radical (unpaired) electrons. The average molecular weight is 316 g/mol. The van der Waals surface area contributed by atoms with Gasteiger partial charge in [-0.2, -0.15) is 0 Å². The SMILES string of the molecule is Cc1ccccc1C(=O)N1CCCN(C(=O)CC(C)(C)C)CC1. The third-order valence-electron chi connectivity index (χ3n) is 4.19. The lowest BCUT2D eigenvalue weighted by Gasteiger charge is -2.26. The third-order valence-corrected chi connectivity index (χ3v) is 4.19. The summed E-state index contributed by atoms with van der Waals surface area (Å²) in [7, 11) is 0. The first-order valence-electron chi connectivity index (χ1n) is 8.40. The van der Waals surface area contributed by atoms with E-state index in [2.05, 4.69) is 20.8 Å². The van der Waals surface area contributed by atoms with Crippen LogP contribution in [-0.4, -0.2) is 47.8 Å². The van der Waals surface area contributed by atoms with E-state index < -0.39 is 0 Å². The van der Waals surface area contributed by atoms with Crippen molar-refractivity contribution in [3.8, 4) is 0 Å². The van der Waals surface area contributed by atoms with Gasteiger partial charge < -0.3 is 9.80 Å². The highest BCUT2D eigenvalue weighted by atomic mass is 16.2. The Hall–Kier alpha value is -1.84. The summed E-state index contributed by atoms with van der Waals surface area (Å²) in [6.45, 7) is 10.9. The topological polar surface area (TPSA) is 40.6 Å². The van der Waals surface area contributed by atoms with Crippen LogP contribution >= 0.6 is 0 Å². The largest absolute Gasteiger partial charge is 0.341 e. The van der Waals surface area contributed by atoms with E-state index in [4.69, 9.17) is 0 Å². The van der Waals surface area contributed by atoms with E-state index in [1.807, 2.05) is 41.0 Å². The second-order valence-corrected chi connectivity index (χ2v) is 7.58. The number of hydrogen-bond donors (Lipinski definition) is 0. The van der Waals surface area contributed by atoms with Crippen LogP contribution in [-0.2, 0) is 4.79 Å². The van der Waals surface area contributed by atoms with Gasteiger partial charge in [0.1, 0.15) is 0 Å². The molecule has 4 heteroatoms. The molecule has 1 aliphatic heterocycles. The van der Waals surface area contributed by atoms with Crippen LogP contribution in [0.15, 0.2) is 24.3 Å². The molecule has 23 heavy (non-hydrogen) atoms. The minimum atomic E-state index is 0.0000445. The second kappa shape index (κ2) is 7.16. The maximum Gasteiger partial charge on any atom is 0.254 e. The Morgan fingerprint density at radius 3 is 2.26 bits per heavy atom.